The molecule has 3 aromatic rings. The van der Waals surface area contributed by atoms with E-state index in [9.17, 15) is 4.79 Å². The van der Waals surface area contributed by atoms with Gasteiger partial charge < -0.3 is 18.9 Å². The molecule has 0 bridgehead atoms. The predicted octanol–water partition coefficient (Wildman–Crippen LogP) is 6.92. The molecule has 196 valence electrons. The molecule has 0 fully saturated rings. The molecule has 3 rings (SSSR count). The topological polar surface area (TPSA) is 78.4 Å². The van der Waals surface area contributed by atoms with Crippen LogP contribution >= 0.6 is 23.2 Å². The van der Waals surface area contributed by atoms with Crippen molar-refractivity contribution in [2.24, 2.45) is 5.10 Å². The van der Waals surface area contributed by atoms with Gasteiger partial charge in [0.05, 0.1) is 31.1 Å². The van der Waals surface area contributed by atoms with Crippen molar-refractivity contribution in [1.82, 2.24) is 5.43 Å². The maximum atomic E-state index is 12.6. The number of benzene rings is 3. The molecular formula is C28H30Cl2N2O5. The molecule has 0 atom stereocenters. The van der Waals surface area contributed by atoms with Crippen LogP contribution in [0.25, 0.3) is 0 Å². The van der Waals surface area contributed by atoms with E-state index in [4.69, 9.17) is 42.1 Å². The van der Waals surface area contributed by atoms with E-state index in [1.54, 1.807) is 36.4 Å². The summed E-state index contributed by atoms with van der Waals surface area (Å²) in [5, 5.41) is 5.05. The van der Waals surface area contributed by atoms with E-state index in [-0.39, 0.29) is 6.61 Å². The Bertz CT molecular complexity index is 1230. The van der Waals surface area contributed by atoms with Gasteiger partial charge in [-0.3, -0.25) is 4.79 Å². The van der Waals surface area contributed by atoms with Gasteiger partial charge in [-0.15, -0.1) is 0 Å². The number of halogens is 2. The highest BCUT2D eigenvalue weighted by molar-refractivity contribution is 6.32. The number of nitrogens with zero attached hydrogens (tertiary/aromatic N) is 1. The molecule has 0 unspecified atom stereocenters. The Morgan fingerprint density at radius 1 is 0.892 bits per heavy atom. The summed E-state index contributed by atoms with van der Waals surface area (Å²) in [5.74, 6) is 1.60. The minimum absolute atomic E-state index is 0.274. The van der Waals surface area contributed by atoms with Crippen molar-refractivity contribution in [1.29, 1.82) is 0 Å². The average molecular weight is 545 g/mol. The van der Waals surface area contributed by atoms with E-state index >= 15 is 0 Å². The number of carbonyl (C=O) groups is 1. The summed E-state index contributed by atoms with van der Waals surface area (Å²) in [6.45, 7) is 7.46. The molecule has 37 heavy (non-hydrogen) atoms. The molecule has 0 aliphatic carbocycles. The van der Waals surface area contributed by atoms with Crippen molar-refractivity contribution in [2.45, 2.75) is 33.8 Å². The van der Waals surface area contributed by atoms with Crippen molar-refractivity contribution < 1.29 is 23.7 Å². The molecule has 0 saturated heterocycles. The summed E-state index contributed by atoms with van der Waals surface area (Å²) in [5.41, 5.74) is 4.44. The van der Waals surface area contributed by atoms with Crippen LogP contribution in [-0.2, 0) is 6.61 Å². The number of hydrazone groups is 1. The summed E-state index contributed by atoms with van der Waals surface area (Å²) >= 11 is 12.6. The smallest absolute Gasteiger partial charge is 0.271 e. The highest BCUT2D eigenvalue weighted by Crippen LogP contribution is 2.37. The minimum Gasteiger partial charge on any atom is -0.490 e. The molecule has 0 spiro atoms. The van der Waals surface area contributed by atoms with Gasteiger partial charge in [0.15, 0.2) is 23.0 Å². The number of hydrogen-bond donors (Lipinski definition) is 1. The van der Waals surface area contributed by atoms with E-state index in [0.29, 0.717) is 64.0 Å². The molecule has 0 aromatic heterocycles. The van der Waals surface area contributed by atoms with Gasteiger partial charge in [0, 0.05) is 10.6 Å². The van der Waals surface area contributed by atoms with Crippen LogP contribution in [0, 0.1) is 0 Å². The zero-order chi connectivity index (χ0) is 26.6. The van der Waals surface area contributed by atoms with E-state index in [1.807, 2.05) is 39.0 Å². The van der Waals surface area contributed by atoms with Crippen LogP contribution in [0.1, 0.15) is 48.7 Å². The molecular weight excluding hydrogens is 515 g/mol. The second-order valence-electron chi connectivity index (χ2n) is 7.82. The lowest BCUT2D eigenvalue weighted by atomic mass is 10.2. The Hall–Kier alpha value is -3.42. The number of hydrogen-bond acceptors (Lipinski definition) is 6. The average Bonchev–Trinajstić information content (AvgIpc) is 2.88. The molecule has 7 nitrogen and oxygen atoms in total. The third-order valence-corrected chi connectivity index (χ3v) is 5.47. The molecule has 1 N–H and O–H groups in total. The molecule has 0 heterocycles. The van der Waals surface area contributed by atoms with Crippen LogP contribution in [0.3, 0.4) is 0 Å². The summed E-state index contributed by atoms with van der Waals surface area (Å²) in [7, 11) is 0. The highest BCUT2D eigenvalue weighted by atomic mass is 35.5. The molecule has 0 aliphatic rings. The normalized spacial score (nSPS) is 10.8. The van der Waals surface area contributed by atoms with Crippen molar-refractivity contribution in [3.05, 3.63) is 81.3 Å². The van der Waals surface area contributed by atoms with Gasteiger partial charge in [0.25, 0.3) is 5.91 Å². The SMILES string of the molecule is CCCOc1ccc(C(=O)N/N=C/c2cc(Cl)c(OCc3cccc(Cl)c3)c(OCC)c2)cc1OCC. The van der Waals surface area contributed by atoms with E-state index in [0.717, 1.165) is 12.0 Å². The van der Waals surface area contributed by atoms with Crippen molar-refractivity contribution in [3.63, 3.8) is 0 Å². The Labute approximate surface area is 227 Å². The predicted molar refractivity (Wildman–Crippen MR) is 147 cm³/mol. The van der Waals surface area contributed by atoms with E-state index in [2.05, 4.69) is 10.5 Å². The van der Waals surface area contributed by atoms with Crippen molar-refractivity contribution in [2.75, 3.05) is 19.8 Å². The summed E-state index contributed by atoms with van der Waals surface area (Å²) in [4.78, 5) is 12.6. The highest BCUT2D eigenvalue weighted by Gasteiger charge is 2.14. The summed E-state index contributed by atoms with van der Waals surface area (Å²) < 4.78 is 23.0. The summed E-state index contributed by atoms with van der Waals surface area (Å²) in [6, 6.07) is 15.8. The van der Waals surface area contributed by atoms with Gasteiger partial charge in [-0.2, -0.15) is 5.10 Å². The fourth-order valence-corrected chi connectivity index (χ4v) is 3.81. The number of amides is 1. The first kappa shape index (κ1) is 28.2. The quantitative estimate of drug-likeness (QED) is 0.186. The Morgan fingerprint density at radius 2 is 1.68 bits per heavy atom. The van der Waals surface area contributed by atoms with Crippen molar-refractivity contribution >= 4 is 35.3 Å². The zero-order valence-corrected chi connectivity index (χ0v) is 22.6. The maximum absolute atomic E-state index is 12.6. The minimum atomic E-state index is -0.392. The maximum Gasteiger partial charge on any atom is 0.271 e. The zero-order valence-electron chi connectivity index (χ0n) is 21.1. The fourth-order valence-electron chi connectivity index (χ4n) is 3.33. The van der Waals surface area contributed by atoms with E-state index < -0.39 is 5.91 Å². The Balaban J connectivity index is 1.71. The fraction of sp³-hybridized carbons (Fsp3) is 0.286. The van der Waals surface area contributed by atoms with Crippen LogP contribution in [0.2, 0.25) is 10.0 Å². The standard InChI is InChI=1S/C28H30Cl2N2O5/c1-4-12-36-24-11-10-21(16-25(24)34-5-2)28(33)32-31-17-20-14-23(30)27(26(15-20)35-6-3)37-18-19-8-7-9-22(29)13-19/h7-11,13-17H,4-6,12,18H2,1-3H3,(H,32,33)/b31-17+. The first-order chi connectivity index (χ1) is 17.9. The number of rotatable bonds is 13. The molecule has 0 aliphatic heterocycles. The van der Waals surface area contributed by atoms with Gasteiger partial charge in [0.1, 0.15) is 6.61 Å². The number of carbonyl (C=O) groups excluding carboxylic acids is 1. The van der Waals surface area contributed by atoms with Crippen LogP contribution in [-0.4, -0.2) is 31.9 Å². The second kappa shape index (κ2) is 14.4. The lowest BCUT2D eigenvalue weighted by Crippen LogP contribution is -2.17. The first-order valence-corrected chi connectivity index (χ1v) is 12.8. The van der Waals surface area contributed by atoms with Crippen LogP contribution in [0.15, 0.2) is 59.7 Å². The molecule has 3 aromatic carbocycles. The second-order valence-corrected chi connectivity index (χ2v) is 8.67. The third kappa shape index (κ3) is 8.30. The number of ether oxygens (including phenoxy) is 4. The van der Waals surface area contributed by atoms with Crippen LogP contribution in [0.5, 0.6) is 23.0 Å². The van der Waals surface area contributed by atoms with Crippen LogP contribution < -0.4 is 24.4 Å². The number of nitrogens with one attached hydrogen (secondary N) is 1. The van der Waals surface area contributed by atoms with Gasteiger partial charge in [-0.1, -0.05) is 42.3 Å². The summed E-state index contributed by atoms with van der Waals surface area (Å²) in [6.07, 6.45) is 2.35. The molecule has 0 saturated carbocycles. The van der Waals surface area contributed by atoms with Gasteiger partial charge in [0.2, 0.25) is 0 Å². The molecule has 9 heteroatoms. The lowest BCUT2D eigenvalue weighted by Gasteiger charge is -2.14. The lowest BCUT2D eigenvalue weighted by molar-refractivity contribution is 0.0954. The first-order valence-electron chi connectivity index (χ1n) is 12.0. The van der Waals surface area contributed by atoms with Gasteiger partial charge in [-0.05, 0) is 73.9 Å². The van der Waals surface area contributed by atoms with Crippen LogP contribution in [0.4, 0.5) is 0 Å². The molecule has 0 radical (unpaired) electrons. The third-order valence-electron chi connectivity index (χ3n) is 4.95. The Morgan fingerprint density at radius 3 is 2.41 bits per heavy atom. The monoisotopic (exact) mass is 544 g/mol. The largest absolute Gasteiger partial charge is 0.490 e. The van der Waals surface area contributed by atoms with Gasteiger partial charge >= 0.3 is 0 Å². The molecule has 1 amide bonds. The van der Waals surface area contributed by atoms with E-state index in [1.165, 1.54) is 6.21 Å². The van der Waals surface area contributed by atoms with Gasteiger partial charge in [-0.25, -0.2) is 5.43 Å². The van der Waals surface area contributed by atoms with Crippen molar-refractivity contribution in [3.8, 4) is 23.0 Å². The Kier molecular flexibility index (Phi) is 10.9.